The van der Waals surface area contributed by atoms with Crippen LogP contribution < -0.4 is 10.1 Å². The van der Waals surface area contributed by atoms with E-state index in [1.807, 2.05) is 0 Å². The minimum absolute atomic E-state index is 0.0149. The Bertz CT molecular complexity index is 880. The first kappa shape index (κ1) is 19.6. The van der Waals surface area contributed by atoms with Crippen LogP contribution in [0.25, 0.3) is 0 Å². The molecule has 0 heterocycles. The molecule has 1 amide bonds. The maximum atomic E-state index is 12.4. The number of hydrogen-bond donors (Lipinski definition) is 2. The van der Waals surface area contributed by atoms with Gasteiger partial charge in [-0.05, 0) is 29.8 Å². The highest BCUT2D eigenvalue weighted by Gasteiger charge is 2.29. The van der Waals surface area contributed by atoms with E-state index in [-0.39, 0.29) is 4.90 Å². The van der Waals surface area contributed by atoms with Gasteiger partial charge in [-0.25, -0.2) is 18.6 Å². The van der Waals surface area contributed by atoms with Gasteiger partial charge in [0.05, 0.1) is 23.2 Å². The molecule has 0 bridgehead atoms. The molecule has 0 spiro atoms. The van der Waals surface area contributed by atoms with Crippen LogP contribution in [-0.2, 0) is 21.0 Å². The third-order valence-corrected chi connectivity index (χ3v) is 4.53. The molecule has 6 nitrogen and oxygen atoms in total. The summed E-state index contributed by atoms with van der Waals surface area (Å²) in [6, 6.07) is 11.7. The van der Waals surface area contributed by atoms with E-state index in [0.29, 0.717) is 5.56 Å². The lowest BCUT2D eigenvalue weighted by Crippen LogP contribution is -2.34. The molecule has 0 aliphatic heterocycles. The molecule has 0 aliphatic carbocycles. The van der Waals surface area contributed by atoms with Crippen molar-refractivity contribution in [1.82, 2.24) is 10.1 Å². The molecule has 0 saturated carbocycles. The van der Waals surface area contributed by atoms with Crippen molar-refractivity contribution in [3.05, 3.63) is 65.7 Å². The first-order valence-corrected chi connectivity index (χ1v) is 8.71. The Morgan fingerprint density at radius 1 is 1.04 bits per heavy atom. The van der Waals surface area contributed by atoms with Crippen LogP contribution in [0.3, 0.4) is 0 Å². The van der Waals surface area contributed by atoms with E-state index >= 15 is 0 Å². The van der Waals surface area contributed by atoms with Gasteiger partial charge in [0.1, 0.15) is 0 Å². The lowest BCUT2D eigenvalue weighted by Gasteiger charge is -2.06. The number of hydrazone groups is 1. The number of nitrogens with one attached hydrogen (secondary N) is 2. The number of carbonyl (C=O) groups is 1. The number of alkyl halides is 3. The topological polar surface area (TPSA) is 87.6 Å². The van der Waals surface area contributed by atoms with Gasteiger partial charge in [-0.2, -0.15) is 18.3 Å². The molecular weight excluding hydrogens is 371 g/mol. The number of nitrogens with zero attached hydrogens (tertiary/aromatic N) is 1. The Labute approximate surface area is 147 Å². The maximum Gasteiger partial charge on any atom is 0.416 e. The Kier molecular flexibility index (Phi) is 6.11. The van der Waals surface area contributed by atoms with Crippen molar-refractivity contribution in [1.29, 1.82) is 0 Å². The summed E-state index contributed by atoms with van der Waals surface area (Å²) in [7, 11) is -3.82. The second kappa shape index (κ2) is 8.11. The monoisotopic (exact) mass is 385 g/mol. The summed E-state index contributed by atoms with van der Waals surface area (Å²) >= 11 is 0. The van der Waals surface area contributed by atoms with Crippen molar-refractivity contribution >= 4 is 22.1 Å². The molecule has 26 heavy (non-hydrogen) atoms. The highest BCUT2D eigenvalue weighted by atomic mass is 32.2. The highest BCUT2D eigenvalue weighted by Crippen LogP contribution is 2.28. The van der Waals surface area contributed by atoms with Gasteiger partial charge in [-0.1, -0.05) is 30.3 Å². The molecule has 0 atom stereocenters. The van der Waals surface area contributed by atoms with Gasteiger partial charge in [0.15, 0.2) is 0 Å². The first-order chi connectivity index (χ1) is 12.2. The third kappa shape index (κ3) is 5.67. The normalized spacial score (nSPS) is 12.3. The Hall–Kier alpha value is -2.72. The fraction of sp³-hybridized carbons (Fsp3) is 0.125. The Morgan fingerprint density at radius 2 is 1.65 bits per heavy atom. The molecule has 0 radical (unpaired) electrons. The molecule has 138 valence electrons. The lowest BCUT2D eigenvalue weighted by molar-refractivity contribution is -0.137. The van der Waals surface area contributed by atoms with E-state index in [2.05, 4.69) is 15.2 Å². The van der Waals surface area contributed by atoms with Crippen molar-refractivity contribution in [3.8, 4) is 0 Å². The van der Waals surface area contributed by atoms with E-state index in [4.69, 9.17) is 0 Å². The van der Waals surface area contributed by atoms with Crippen LogP contribution in [0.4, 0.5) is 13.2 Å². The average Bonchev–Trinajstić information content (AvgIpc) is 2.60. The molecule has 10 heteroatoms. The lowest BCUT2D eigenvalue weighted by atomic mass is 10.1. The van der Waals surface area contributed by atoms with E-state index in [0.717, 1.165) is 18.3 Å². The summed E-state index contributed by atoms with van der Waals surface area (Å²) in [4.78, 5) is 11.6. The molecule has 2 rings (SSSR count). The minimum atomic E-state index is -4.43. The van der Waals surface area contributed by atoms with Crippen LogP contribution in [0.5, 0.6) is 0 Å². The van der Waals surface area contributed by atoms with Crippen LogP contribution >= 0.6 is 0 Å². The fourth-order valence-electron chi connectivity index (χ4n) is 1.82. The Balaban J connectivity index is 1.86. The molecule has 0 aromatic heterocycles. The molecular formula is C16H14F3N3O3S. The van der Waals surface area contributed by atoms with Gasteiger partial charge < -0.3 is 0 Å². The molecule has 2 N–H and O–H groups in total. The van der Waals surface area contributed by atoms with Crippen LogP contribution in [0.15, 0.2) is 64.6 Å². The van der Waals surface area contributed by atoms with Crippen molar-refractivity contribution in [3.63, 3.8) is 0 Å². The number of hydrogen-bond acceptors (Lipinski definition) is 4. The molecule has 0 fully saturated rings. The number of halogens is 3. The largest absolute Gasteiger partial charge is 0.416 e. The number of benzene rings is 2. The predicted molar refractivity (Wildman–Crippen MR) is 88.8 cm³/mol. The summed E-state index contributed by atoms with van der Waals surface area (Å²) in [5, 5.41) is 3.57. The zero-order valence-corrected chi connectivity index (χ0v) is 14.0. The quantitative estimate of drug-likeness (QED) is 0.590. The molecule has 0 saturated heterocycles. The van der Waals surface area contributed by atoms with Crippen molar-refractivity contribution < 1.29 is 26.4 Å². The molecule has 2 aromatic carbocycles. The summed E-state index contributed by atoms with van der Waals surface area (Å²) in [6.45, 7) is -0.540. The average molecular weight is 385 g/mol. The van der Waals surface area contributed by atoms with Crippen molar-refractivity contribution in [2.24, 2.45) is 5.10 Å². The zero-order chi connectivity index (χ0) is 19.2. The summed E-state index contributed by atoms with van der Waals surface area (Å²) in [6.07, 6.45) is -3.29. The second-order valence-corrected chi connectivity index (χ2v) is 6.82. The van der Waals surface area contributed by atoms with E-state index in [1.54, 1.807) is 18.2 Å². The molecule has 2 aromatic rings. The number of amides is 1. The SMILES string of the molecule is O=C(CNS(=O)(=O)c1ccccc1)N/N=C\c1ccc(C(F)(F)F)cc1. The Morgan fingerprint density at radius 3 is 2.23 bits per heavy atom. The van der Waals surface area contributed by atoms with Gasteiger partial charge in [0, 0.05) is 0 Å². The molecule has 0 unspecified atom stereocenters. The van der Waals surface area contributed by atoms with Crippen LogP contribution in [0.1, 0.15) is 11.1 Å². The van der Waals surface area contributed by atoms with Gasteiger partial charge in [-0.3, -0.25) is 4.79 Å². The summed E-state index contributed by atoms with van der Waals surface area (Å²) in [5.41, 5.74) is 1.62. The predicted octanol–water partition coefficient (Wildman–Crippen LogP) is 2.13. The van der Waals surface area contributed by atoms with Gasteiger partial charge in [0.2, 0.25) is 10.0 Å². The van der Waals surface area contributed by atoms with E-state index in [9.17, 15) is 26.4 Å². The fourth-order valence-corrected chi connectivity index (χ4v) is 2.82. The van der Waals surface area contributed by atoms with Crippen molar-refractivity contribution in [2.45, 2.75) is 11.1 Å². The maximum absolute atomic E-state index is 12.4. The van der Waals surface area contributed by atoms with E-state index < -0.39 is 34.2 Å². The summed E-state index contributed by atoms with van der Waals surface area (Å²) < 4.78 is 63.3. The van der Waals surface area contributed by atoms with E-state index in [1.165, 1.54) is 24.3 Å². The molecule has 0 aliphatic rings. The van der Waals surface area contributed by atoms with Crippen LogP contribution in [0.2, 0.25) is 0 Å². The number of rotatable bonds is 6. The number of sulfonamides is 1. The number of carbonyl (C=O) groups excluding carboxylic acids is 1. The minimum Gasteiger partial charge on any atom is -0.272 e. The highest BCUT2D eigenvalue weighted by molar-refractivity contribution is 7.89. The zero-order valence-electron chi connectivity index (χ0n) is 13.2. The van der Waals surface area contributed by atoms with Gasteiger partial charge in [-0.15, -0.1) is 0 Å². The smallest absolute Gasteiger partial charge is 0.272 e. The first-order valence-electron chi connectivity index (χ1n) is 7.22. The second-order valence-electron chi connectivity index (χ2n) is 5.05. The standard InChI is InChI=1S/C16H14F3N3O3S/c17-16(18,19)13-8-6-12(7-9-13)10-20-22-15(23)11-21-26(24,25)14-4-2-1-3-5-14/h1-10,21H,11H2,(H,22,23)/b20-10-. The summed E-state index contributed by atoms with van der Waals surface area (Å²) in [5.74, 6) is -0.729. The van der Waals surface area contributed by atoms with Crippen molar-refractivity contribution in [2.75, 3.05) is 6.54 Å². The third-order valence-electron chi connectivity index (χ3n) is 3.12. The van der Waals surface area contributed by atoms with Gasteiger partial charge >= 0.3 is 6.18 Å². The van der Waals surface area contributed by atoms with Gasteiger partial charge in [0.25, 0.3) is 5.91 Å². The van der Waals surface area contributed by atoms with Crippen LogP contribution in [-0.4, -0.2) is 27.1 Å². The van der Waals surface area contributed by atoms with Crippen LogP contribution in [0, 0.1) is 0 Å².